The smallest absolute Gasteiger partial charge is 0.354 e. The Hall–Kier alpha value is -1.35. The Morgan fingerprint density at radius 2 is 1.82 bits per heavy atom. The zero-order chi connectivity index (χ0) is 16.4. The number of hydrogen-bond acceptors (Lipinski definition) is 5. The van der Waals surface area contributed by atoms with Gasteiger partial charge in [-0.1, -0.05) is 0 Å². The van der Waals surface area contributed by atoms with E-state index in [1.54, 1.807) is 0 Å². The fourth-order valence-electron chi connectivity index (χ4n) is 2.24. The van der Waals surface area contributed by atoms with Gasteiger partial charge in [0, 0.05) is 45.2 Å². The maximum Gasteiger partial charge on any atom is 0.417 e. The van der Waals surface area contributed by atoms with E-state index in [0.29, 0.717) is 38.5 Å². The van der Waals surface area contributed by atoms with Crippen LogP contribution in [-0.4, -0.2) is 63.0 Å². The minimum absolute atomic E-state index is 0.117. The van der Waals surface area contributed by atoms with Crippen molar-refractivity contribution in [3.05, 3.63) is 23.9 Å². The van der Waals surface area contributed by atoms with E-state index in [9.17, 15) is 21.6 Å². The topological polar surface area (TPSA) is 53.5 Å². The molecule has 1 aromatic heterocycles. The summed E-state index contributed by atoms with van der Waals surface area (Å²) in [6.45, 7) is 3.04. The number of hydrogen-bond donors (Lipinski definition) is 0. The molecule has 1 aromatic rings. The van der Waals surface area contributed by atoms with Crippen LogP contribution in [0.5, 0.6) is 0 Å². The van der Waals surface area contributed by atoms with Gasteiger partial charge < -0.3 is 4.90 Å². The van der Waals surface area contributed by atoms with Crippen molar-refractivity contribution >= 4 is 15.7 Å². The van der Waals surface area contributed by atoms with E-state index in [4.69, 9.17) is 0 Å². The number of sulfone groups is 1. The van der Waals surface area contributed by atoms with Crippen LogP contribution in [0.2, 0.25) is 0 Å². The number of halogens is 3. The van der Waals surface area contributed by atoms with Crippen LogP contribution >= 0.6 is 0 Å². The molecule has 1 fully saturated rings. The van der Waals surface area contributed by atoms with Crippen molar-refractivity contribution in [3.8, 4) is 0 Å². The molecular weight excluding hydrogens is 319 g/mol. The van der Waals surface area contributed by atoms with Crippen molar-refractivity contribution in [3.63, 3.8) is 0 Å². The highest BCUT2D eigenvalue weighted by molar-refractivity contribution is 7.90. The molecule has 0 aliphatic carbocycles. The monoisotopic (exact) mass is 337 g/mol. The minimum Gasteiger partial charge on any atom is -0.354 e. The molecule has 0 aromatic carbocycles. The summed E-state index contributed by atoms with van der Waals surface area (Å²) in [5.74, 6) is 0.627. The van der Waals surface area contributed by atoms with Crippen molar-refractivity contribution < 1.29 is 21.6 Å². The standard InChI is InChI=1S/C13H18F3N3O2S/c1-22(20,21)9-8-18-4-6-19(7-5-18)12-3-2-11(10-17-12)13(14,15)16/h2-3,10H,4-9H2,1H3. The average Bonchev–Trinajstić information content (AvgIpc) is 2.44. The van der Waals surface area contributed by atoms with Gasteiger partial charge >= 0.3 is 6.18 Å². The number of anilines is 1. The summed E-state index contributed by atoms with van der Waals surface area (Å²) in [5, 5.41) is 0. The summed E-state index contributed by atoms with van der Waals surface area (Å²) >= 11 is 0. The lowest BCUT2D eigenvalue weighted by atomic mass is 10.2. The van der Waals surface area contributed by atoms with E-state index in [2.05, 4.69) is 4.98 Å². The lowest BCUT2D eigenvalue weighted by molar-refractivity contribution is -0.137. The summed E-state index contributed by atoms with van der Waals surface area (Å²) in [6.07, 6.45) is -2.34. The van der Waals surface area contributed by atoms with Gasteiger partial charge in [-0.2, -0.15) is 13.2 Å². The van der Waals surface area contributed by atoms with Gasteiger partial charge in [-0.05, 0) is 12.1 Å². The third-order valence-electron chi connectivity index (χ3n) is 3.55. The van der Waals surface area contributed by atoms with E-state index in [0.717, 1.165) is 12.3 Å². The molecule has 0 spiro atoms. The predicted molar refractivity (Wildman–Crippen MR) is 77.6 cm³/mol. The van der Waals surface area contributed by atoms with Crippen LogP contribution in [0.1, 0.15) is 5.56 Å². The molecule has 124 valence electrons. The molecule has 0 saturated carbocycles. The number of nitrogens with zero attached hydrogens (tertiary/aromatic N) is 3. The molecule has 9 heteroatoms. The van der Waals surface area contributed by atoms with Gasteiger partial charge in [-0.25, -0.2) is 13.4 Å². The van der Waals surface area contributed by atoms with Gasteiger partial charge in [-0.3, -0.25) is 4.90 Å². The molecule has 0 unspecified atom stereocenters. The molecule has 0 amide bonds. The van der Waals surface area contributed by atoms with Crippen LogP contribution < -0.4 is 4.90 Å². The third kappa shape index (κ3) is 4.84. The summed E-state index contributed by atoms with van der Waals surface area (Å²) in [4.78, 5) is 7.80. The maximum atomic E-state index is 12.5. The first-order chi connectivity index (χ1) is 10.1. The van der Waals surface area contributed by atoms with Crippen LogP contribution in [0, 0.1) is 0 Å². The molecule has 0 bridgehead atoms. The normalized spacial score (nSPS) is 17.7. The fourth-order valence-corrected chi connectivity index (χ4v) is 2.83. The first-order valence-electron chi connectivity index (χ1n) is 6.83. The second kappa shape index (κ2) is 6.41. The number of rotatable bonds is 4. The Bertz CT molecular complexity index is 594. The van der Waals surface area contributed by atoms with E-state index in [1.807, 2.05) is 9.80 Å². The van der Waals surface area contributed by atoms with Crippen LogP contribution in [0.4, 0.5) is 19.0 Å². The van der Waals surface area contributed by atoms with Crippen LogP contribution in [0.25, 0.3) is 0 Å². The van der Waals surface area contributed by atoms with E-state index < -0.39 is 21.6 Å². The highest BCUT2D eigenvalue weighted by atomic mass is 32.2. The second-order valence-corrected chi connectivity index (χ2v) is 7.62. The Balaban J connectivity index is 1.89. The van der Waals surface area contributed by atoms with Crippen molar-refractivity contribution in [2.75, 3.05) is 49.6 Å². The lowest BCUT2D eigenvalue weighted by Gasteiger charge is -2.35. The summed E-state index contributed by atoms with van der Waals surface area (Å²) in [7, 11) is -2.98. The van der Waals surface area contributed by atoms with E-state index in [1.165, 1.54) is 12.3 Å². The third-order valence-corrected chi connectivity index (χ3v) is 4.47. The summed E-state index contributed by atoms with van der Waals surface area (Å²) in [5.41, 5.74) is -0.761. The van der Waals surface area contributed by atoms with Crippen molar-refractivity contribution in [1.82, 2.24) is 9.88 Å². The Labute approximate surface area is 127 Å². The van der Waals surface area contributed by atoms with E-state index >= 15 is 0 Å². The molecule has 1 aliphatic rings. The van der Waals surface area contributed by atoms with Gasteiger partial charge in [0.2, 0.25) is 0 Å². The molecule has 2 rings (SSSR count). The number of pyridine rings is 1. The van der Waals surface area contributed by atoms with Gasteiger partial charge in [0.15, 0.2) is 0 Å². The van der Waals surface area contributed by atoms with Gasteiger partial charge in [0.1, 0.15) is 15.7 Å². The van der Waals surface area contributed by atoms with Crippen molar-refractivity contribution in [2.45, 2.75) is 6.18 Å². The fraction of sp³-hybridized carbons (Fsp3) is 0.615. The molecule has 0 atom stereocenters. The van der Waals surface area contributed by atoms with Crippen LogP contribution in [-0.2, 0) is 16.0 Å². The number of aromatic nitrogens is 1. The molecule has 0 radical (unpaired) electrons. The number of alkyl halides is 3. The van der Waals surface area contributed by atoms with Crippen LogP contribution in [0.3, 0.4) is 0 Å². The molecular formula is C13H18F3N3O2S. The summed E-state index contributed by atoms with van der Waals surface area (Å²) < 4.78 is 59.7. The first kappa shape index (κ1) is 17.0. The minimum atomic E-state index is -4.38. The highest BCUT2D eigenvalue weighted by Gasteiger charge is 2.31. The zero-order valence-corrected chi connectivity index (χ0v) is 13.0. The molecule has 1 saturated heterocycles. The average molecular weight is 337 g/mol. The largest absolute Gasteiger partial charge is 0.417 e. The van der Waals surface area contributed by atoms with Gasteiger partial charge in [0.25, 0.3) is 0 Å². The Morgan fingerprint density at radius 3 is 2.27 bits per heavy atom. The highest BCUT2D eigenvalue weighted by Crippen LogP contribution is 2.29. The second-order valence-electron chi connectivity index (χ2n) is 5.36. The Kier molecular flexibility index (Phi) is 4.96. The lowest BCUT2D eigenvalue weighted by Crippen LogP contribution is -2.47. The SMILES string of the molecule is CS(=O)(=O)CCN1CCN(c2ccc(C(F)(F)F)cn2)CC1. The first-order valence-corrected chi connectivity index (χ1v) is 8.89. The molecule has 1 aliphatic heterocycles. The van der Waals surface area contributed by atoms with Crippen molar-refractivity contribution in [1.29, 1.82) is 0 Å². The number of piperazine rings is 1. The molecule has 0 N–H and O–H groups in total. The molecule has 2 heterocycles. The van der Waals surface area contributed by atoms with Gasteiger partial charge in [-0.15, -0.1) is 0 Å². The zero-order valence-electron chi connectivity index (χ0n) is 12.2. The predicted octanol–water partition coefficient (Wildman–Crippen LogP) is 1.27. The van der Waals surface area contributed by atoms with Crippen molar-refractivity contribution in [2.24, 2.45) is 0 Å². The molecule has 22 heavy (non-hydrogen) atoms. The maximum absolute atomic E-state index is 12.5. The quantitative estimate of drug-likeness (QED) is 0.828. The summed E-state index contributed by atoms with van der Waals surface area (Å²) in [6, 6.07) is 2.40. The molecule has 5 nitrogen and oxygen atoms in total. The van der Waals surface area contributed by atoms with Crippen LogP contribution in [0.15, 0.2) is 18.3 Å². The van der Waals surface area contributed by atoms with Gasteiger partial charge in [0.05, 0.1) is 11.3 Å². The van der Waals surface area contributed by atoms with E-state index in [-0.39, 0.29) is 5.75 Å². The Morgan fingerprint density at radius 1 is 1.18 bits per heavy atom.